The van der Waals surface area contributed by atoms with Crippen molar-refractivity contribution in [2.45, 2.75) is 46.1 Å². The van der Waals surface area contributed by atoms with E-state index < -0.39 is 5.91 Å². The number of H-pyrrole nitrogens is 1. The highest BCUT2D eigenvalue weighted by Gasteiger charge is 2.25. The molecule has 40 heavy (non-hydrogen) atoms. The van der Waals surface area contributed by atoms with Gasteiger partial charge in [0.05, 0.1) is 17.1 Å². The molecule has 0 spiro atoms. The van der Waals surface area contributed by atoms with Crippen molar-refractivity contribution in [3.05, 3.63) is 65.6 Å². The number of fused-ring (bicyclic) bond motifs is 3. The van der Waals surface area contributed by atoms with Crippen molar-refractivity contribution in [3.63, 3.8) is 0 Å². The molecule has 1 amide bonds. The number of nitrogens with one attached hydrogen (secondary N) is 3. The Balaban J connectivity index is 1.27. The fourth-order valence-electron chi connectivity index (χ4n) is 5.32. The van der Waals surface area contributed by atoms with Gasteiger partial charge < -0.3 is 25.0 Å². The zero-order chi connectivity index (χ0) is 28.0. The summed E-state index contributed by atoms with van der Waals surface area (Å²) in [6.45, 7) is 13.9. The molecule has 1 atom stereocenters. The molecule has 0 unspecified atom stereocenters. The van der Waals surface area contributed by atoms with E-state index in [-0.39, 0.29) is 17.3 Å². The second-order valence-corrected chi connectivity index (χ2v) is 11.5. The first-order valence-corrected chi connectivity index (χ1v) is 13.7. The van der Waals surface area contributed by atoms with Gasteiger partial charge in [-0.25, -0.2) is 9.97 Å². The molecule has 1 saturated heterocycles. The van der Waals surface area contributed by atoms with Crippen LogP contribution in [0.5, 0.6) is 0 Å². The summed E-state index contributed by atoms with van der Waals surface area (Å²) in [5.41, 5.74) is 6.67. The van der Waals surface area contributed by atoms with Crippen LogP contribution in [-0.2, 0) is 5.41 Å². The molecule has 3 aromatic heterocycles. The van der Waals surface area contributed by atoms with Crippen molar-refractivity contribution in [1.29, 1.82) is 0 Å². The number of rotatable bonds is 5. The molecule has 0 bridgehead atoms. The number of hydrogen-bond acceptors (Lipinski definition) is 8. The molecule has 6 rings (SSSR count). The fourth-order valence-corrected chi connectivity index (χ4v) is 5.32. The molecule has 0 radical (unpaired) electrons. The number of anilines is 1. The molecule has 3 N–H and O–H groups in total. The Morgan fingerprint density at radius 2 is 1.90 bits per heavy atom. The zero-order valence-corrected chi connectivity index (χ0v) is 23.5. The number of carbonyl (C=O) groups is 1. The van der Waals surface area contributed by atoms with Crippen molar-refractivity contribution in [1.82, 2.24) is 35.7 Å². The Morgan fingerprint density at radius 1 is 1.10 bits per heavy atom. The number of piperazine rings is 1. The lowest BCUT2D eigenvalue weighted by molar-refractivity contribution is 0.0895. The van der Waals surface area contributed by atoms with E-state index in [1.54, 1.807) is 6.33 Å². The van der Waals surface area contributed by atoms with Crippen LogP contribution in [0.2, 0.25) is 0 Å². The third-order valence-corrected chi connectivity index (χ3v) is 7.50. The van der Waals surface area contributed by atoms with E-state index in [2.05, 4.69) is 59.9 Å². The summed E-state index contributed by atoms with van der Waals surface area (Å²) < 4.78 is 5.21. The molecule has 2 aromatic carbocycles. The minimum Gasteiger partial charge on any atom is -0.369 e. The molecule has 1 fully saturated rings. The number of amides is 1. The molecule has 10 heteroatoms. The summed E-state index contributed by atoms with van der Waals surface area (Å²) in [6, 6.07) is 12.5. The first kappa shape index (κ1) is 25.9. The van der Waals surface area contributed by atoms with Gasteiger partial charge in [0.25, 0.3) is 0 Å². The monoisotopic (exact) mass is 538 g/mol. The van der Waals surface area contributed by atoms with Crippen LogP contribution in [0.1, 0.15) is 61.4 Å². The molecular weight excluding hydrogens is 504 g/mol. The van der Waals surface area contributed by atoms with E-state index in [9.17, 15) is 4.79 Å². The van der Waals surface area contributed by atoms with Gasteiger partial charge in [-0.05, 0) is 43.2 Å². The molecule has 5 aromatic rings. The maximum Gasteiger partial charge on any atom is 0.315 e. The van der Waals surface area contributed by atoms with E-state index in [0.29, 0.717) is 5.82 Å². The molecular formula is C30H34N8O2. The summed E-state index contributed by atoms with van der Waals surface area (Å²) in [5, 5.41) is 12.5. The highest BCUT2D eigenvalue weighted by molar-refractivity contribution is 6.12. The molecule has 10 nitrogen and oxygen atoms in total. The standard InChI is InChI=1S/C30H34N8O2/c1-17-14-19(6-8-21(17)18(2)34-27(39)28-36-29(37-40-28)30(3,4)5)25-24-22-9-7-20(38-12-10-31-11-13-38)15-23(22)35-26(24)33-16-32-25/h6-9,14-16,18,31H,10-13H2,1-5H3,(H,34,39)(H,32,33,35)/t18-/m1/s1. The van der Waals surface area contributed by atoms with Crippen molar-refractivity contribution in [2.75, 3.05) is 31.1 Å². The van der Waals surface area contributed by atoms with Crippen LogP contribution in [-0.4, -0.2) is 57.2 Å². The molecule has 206 valence electrons. The lowest BCUT2D eigenvalue weighted by Crippen LogP contribution is -2.43. The van der Waals surface area contributed by atoms with E-state index in [0.717, 1.165) is 70.5 Å². The van der Waals surface area contributed by atoms with E-state index in [1.165, 1.54) is 5.69 Å². The van der Waals surface area contributed by atoms with Gasteiger partial charge in [0, 0.05) is 53.7 Å². The summed E-state index contributed by atoms with van der Waals surface area (Å²) in [6.07, 6.45) is 1.60. The number of aromatic amines is 1. The van der Waals surface area contributed by atoms with Crippen molar-refractivity contribution in [2.24, 2.45) is 0 Å². The van der Waals surface area contributed by atoms with E-state index in [4.69, 9.17) is 9.51 Å². The number of nitrogens with zero attached hydrogens (tertiary/aromatic N) is 5. The van der Waals surface area contributed by atoms with Gasteiger partial charge >= 0.3 is 11.8 Å². The Morgan fingerprint density at radius 3 is 2.62 bits per heavy atom. The Kier molecular flexibility index (Phi) is 6.50. The van der Waals surface area contributed by atoms with Gasteiger partial charge in [-0.15, -0.1) is 0 Å². The maximum absolute atomic E-state index is 12.8. The van der Waals surface area contributed by atoms with Gasteiger partial charge in [-0.2, -0.15) is 4.98 Å². The lowest BCUT2D eigenvalue weighted by Gasteiger charge is -2.29. The third kappa shape index (κ3) is 4.79. The Bertz CT molecular complexity index is 1710. The summed E-state index contributed by atoms with van der Waals surface area (Å²) in [7, 11) is 0. The van der Waals surface area contributed by atoms with Crippen LogP contribution >= 0.6 is 0 Å². The van der Waals surface area contributed by atoms with Gasteiger partial charge in [-0.1, -0.05) is 44.1 Å². The Hall–Kier alpha value is -4.31. The maximum atomic E-state index is 12.8. The van der Waals surface area contributed by atoms with Gasteiger partial charge in [-0.3, -0.25) is 4.79 Å². The lowest BCUT2D eigenvalue weighted by atomic mass is 9.96. The molecule has 1 aliphatic heterocycles. The average molecular weight is 539 g/mol. The number of aromatic nitrogens is 5. The van der Waals surface area contributed by atoms with Crippen LogP contribution in [0.4, 0.5) is 5.69 Å². The van der Waals surface area contributed by atoms with Crippen molar-refractivity contribution >= 4 is 33.5 Å². The van der Waals surface area contributed by atoms with E-state index in [1.807, 2.05) is 46.8 Å². The zero-order valence-electron chi connectivity index (χ0n) is 23.5. The van der Waals surface area contributed by atoms with Crippen LogP contribution in [0.25, 0.3) is 33.2 Å². The van der Waals surface area contributed by atoms with Gasteiger partial charge in [0.15, 0.2) is 5.82 Å². The topological polar surface area (TPSA) is 125 Å². The second kappa shape index (κ2) is 10.0. The van der Waals surface area contributed by atoms with Gasteiger partial charge in [0.2, 0.25) is 0 Å². The third-order valence-electron chi connectivity index (χ3n) is 7.50. The highest BCUT2D eigenvalue weighted by atomic mass is 16.5. The predicted molar refractivity (Wildman–Crippen MR) is 156 cm³/mol. The molecule has 0 saturated carbocycles. The average Bonchev–Trinajstić information content (AvgIpc) is 3.58. The largest absolute Gasteiger partial charge is 0.369 e. The number of aryl methyl sites for hydroxylation is 1. The first-order valence-electron chi connectivity index (χ1n) is 13.7. The smallest absolute Gasteiger partial charge is 0.315 e. The Labute approximate surface area is 232 Å². The number of carbonyl (C=O) groups excluding carboxylic acids is 1. The second-order valence-electron chi connectivity index (χ2n) is 11.5. The van der Waals surface area contributed by atoms with Crippen LogP contribution in [0.3, 0.4) is 0 Å². The number of hydrogen-bond donors (Lipinski definition) is 3. The number of benzene rings is 2. The summed E-state index contributed by atoms with van der Waals surface area (Å²) in [5.74, 6) is 0.0728. The first-order chi connectivity index (χ1) is 19.2. The van der Waals surface area contributed by atoms with Crippen LogP contribution in [0, 0.1) is 6.92 Å². The minimum atomic E-state index is -0.393. The van der Waals surface area contributed by atoms with Crippen LogP contribution < -0.4 is 15.5 Å². The SMILES string of the molecule is Cc1cc(-c2ncnc3[nH]c4cc(N5CCNCC5)ccc4c23)ccc1[C@@H](C)NC(=O)c1nc(C(C)(C)C)no1. The summed E-state index contributed by atoms with van der Waals surface area (Å²) in [4.78, 5) is 32.2. The minimum absolute atomic E-state index is 0.0335. The van der Waals surface area contributed by atoms with Crippen molar-refractivity contribution < 1.29 is 9.32 Å². The van der Waals surface area contributed by atoms with Gasteiger partial charge in [0.1, 0.15) is 12.0 Å². The predicted octanol–water partition coefficient (Wildman–Crippen LogP) is 4.67. The van der Waals surface area contributed by atoms with Crippen molar-refractivity contribution in [3.8, 4) is 11.3 Å². The fraction of sp³-hybridized carbons (Fsp3) is 0.367. The molecule has 4 heterocycles. The molecule has 1 aliphatic rings. The van der Waals surface area contributed by atoms with E-state index >= 15 is 0 Å². The van der Waals surface area contributed by atoms with Crippen LogP contribution in [0.15, 0.2) is 47.2 Å². The highest BCUT2D eigenvalue weighted by Crippen LogP contribution is 2.35. The summed E-state index contributed by atoms with van der Waals surface area (Å²) >= 11 is 0. The quantitative estimate of drug-likeness (QED) is 0.295. The normalized spacial score (nSPS) is 15.1. The molecule has 0 aliphatic carbocycles.